The van der Waals surface area contributed by atoms with Crippen LogP contribution in [0.1, 0.15) is 20.8 Å². The van der Waals surface area contributed by atoms with E-state index < -0.39 is 6.10 Å². The Labute approximate surface area is 61.6 Å². The molecule has 1 unspecified atom stereocenters. The fourth-order valence-electron chi connectivity index (χ4n) is 0.456. The quantitative estimate of drug-likeness (QED) is 0.600. The predicted molar refractivity (Wildman–Crippen MR) is 40.7 cm³/mol. The lowest BCUT2D eigenvalue weighted by molar-refractivity contribution is -0.112. The summed E-state index contributed by atoms with van der Waals surface area (Å²) in [7, 11) is 0. The van der Waals surface area contributed by atoms with Crippen molar-refractivity contribution in [1.29, 1.82) is 0 Å². The average Bonchev–Trinajstić information content (AvgIpc) is 1.82. The van der Waals surface area contributed by atoms with E-state index in [1.807, 2.05) is 13.8 Å². The molecule has 1 N–H and O–H groups in total. The molecule has 0 aromatic carbocycles. The molecule has 0 heterocycles. The Balaban J connectivity index is 3.77. The van der Waals surface area contributed by atoms with E-state index in [2.05, 4.69) is 0 Å². The molecule has 0 saturated heterocycles. The number of carbonyl (C=O) groups excluding carboxylic acids is 1. The molecule has 0 aliphatic carbocycles. The van der Waals surface area contributed by atoms with Crippen molar-refractivity contribution in [3.63, 3.8) is 0 Å². The van der Waals surface area contributed by atoms with E-state index >= 15 is 0 Å². The highest BCUT2D eigenvalue weighted by Crippen LogP contribution is 2.01. The zero-order chi connectivity index (χ0) is 8.15. The SMILES string of the molecule is CC(=O)C=CC(O)C(C)C. The maximum absolute atomic E-state index is 10.4. The van der Waals surface area contributed by atoms with E-state index in [0.29, 0.717) is 0 Å². The molecule has 58 valence electrons. The minimum Gasteiger partial charge on any atom is -0.389 e. The van der Waals surface area contributed by atoms with Gasteiger partial charge in [0.25, 0.3) is 0 Å². The van der Waals surface area contributed by atoms with Crippen LogP contribution in [-0.2, 0) is 4.79 Å². The van der Waals surface area contributed by atoms with E-state index in [-0.39, 0.29) is 11.7 Å². The largest absolute Gasteiger partial charge is 0.389 e. The second kappa shape index (κ2) is 4.23. The summed E-state index contributed by atoms with van der Waals surface area (Å²) in [5, 5.41) is 9.14. The van der Waals surface area contributed by atoms with Crippen molar-refractivity contribution >= 4 is 5.78 Å². The van der Waals surface area contributed by atoms with Crippen molar-refractivity contribution in [1.82, 2.24) is 0 Å². The molecule has 0 amide bonds. The van der Waals surface area contributed by atoms with Crippen LogP contribution < -0.4 is 0 Å². The van der Waals surface area contributed by atoms with Crippen molar-refractivity contribution in [3.05, 3.63) is 12.2 Å². The van der Waals surface area contributed by atoms with Gasteiger partial charge in [0.15, 0.2) is 5.78 Å². The van der Waals surface area contributed by atoms with Crippen LogP contribution in [0.5, 0.6) is 0 Å². The van der Waals surface area contributed by atoms with Gasteiger partial charge in [-0.1, -0.05) is 19.9 Å². The Hall–Kier alpha value is -0.630. The topological polar surface area (TPSA) is 37.3 Å². The predicted octanol–water partition coefficient (Wildman–Crippen LogP) is 1.15. The summed E-state index contributed by atoms with van der Waals surface area (Å²) in [5.74, 6) is 0.148. The van der Waals surface area contributed by atoms with Gasteiger partial charge in [0, 0.05) is 0 Å². The Morgan fingerprint density at radius 2 is 2.00 bits per heavy atom. The van der Waals surface area contributed by atoms with Gasteiger partial charge in [-0.25, -0.2) is 0 Å². The summed E-state index contributed by atoms with van der Waals surface area (Å²) in [6.45, 7) is 5.26. The van der Waals surface area contributed by atoms with Gasteiger partial charge in [-0.2, -0.15) is 0 Å². The number of aliphatic hydroxyl groups excluding tert-OH is 1. The molecule has 0 aromatic heterocycles. The minimum atomic E-state index is -0.496. The van der Waals surface area contributed by atoms with Crippen molar-refractivity contribution < 1.29 is 9.90 Å². The first-order valence-corrected chi connectivity index (χ1v) is 3.41. The van der Waals surface area contributed by atoms with Crippen molar-refractivity contribution in [2.75, 3.05) is 0 Å². The lowest BCUT2D eigenvalue weighted by atomic mass is 10.1. The van der Waals surface area contributed by atoms with Gasteiger partial charge >= 0.3 is 0 Å². The molecule has 0 radical (unpaired) electrons. The van der Waals surface area contributed by atoms with Crippen LogP contribution in [0.15, 0.2) is 12.2 Å². The highest BCUT2D eigenvalue weighted by molar-refractivity contribution is 5.87. The molecule has 0 rings (SSSR count). The standard InChI is InChI=1S/C8H14O2/c1-6(2)8(10)5-4-7(3)9/h4-6,8,10H,1-3H3. The molecule has 10 heavy (non-hydrogen) atoms. The maximum atomic E-state index is 10.4. The number of carbonyl (C=O) groups is 1. The molecule has 0 fully saturated rings. The third-order valence-electron chi connectivity index (χ3n) is 1.21. The first kappa shape index (κ1) is 9.37. The third kappa shape index (κ3) is 4.27. The number of aliphatic hydroxyl groups is 1. The highest BCUT2D eigenvalue weighted by Gasteiger charge is 2.03. The summed E-state index contributed by atoms with van der Waals surface area (Å²) < 4.78 is 0. The summed E-state index contributed by atoms with van der Waals surface area (Å²) in [6.07, 6.45) is 2.42. The zero-order valence-corrected chi connectivity index (χ0v) is 6.66. The van der Waals surface area contributed by atoms with Gasteiger partial charge in [0.1, 0.15) is 0 Å². The Bertz CT molecular complexity index is 136. The molecule has 0 aliphatic rings. The third-order valence-corrected chi connectivity index (χ3v) is 1.21. The fourth-order valence-corrected chi connectivity index (χ4v) is 0.456. The van der Waals surface area contributed by atoms with Gasteiger partial charge in [-0.3, -0.25) is 4.79 Å². The second-order valence-corrected chi connectivity index (χ2v) is 2.70. The van der Waals surface area contributed by atoms with E-state index in [4.69, 9.17) is 5.11 Å². The van der Waals surface area contributed by atoms with E-state index in [1.165, 1.54) is 19.1 Å². The van der Waals surface area contributed by atoms with Gasteiger partial charge < -0.3 is 5.11 Å². The second-order valence-electron chi connectivity index (χ2n) is 2.70. The first-order chi connectivity index (χ1) is 4.54. The summed E-state index contributed by atoms with van der Waals surface area (Å²) in [5.41, 5.74) is 0. The smallest absolute Gasteiger partial charge is 0.152 e. The van der Waals surface area contributed by atoms with Crippen LogP contribution in [0, 0.1) is 5.92 Å². The summed E-state index contributed by atoms with van der Waals surface area (Å²) in [4.78, 5) is 10.4. The molecule has 0 aromatic rings. The van der Waals surface area contributed by atoms with Crippen LogP contribution in [0.3, 0.4) is 0 Å². The molecule has 0 spiro atoms. The number of rotatable bonds is 3. The number of ketones is 1. The molecule has 0 aliphatic heterocycles. The summed E-state index contributed by atoms with van der Waals surface area (Å²) in [6, 6.07) is 0. The van der Waals surface area contributed by atoms with Crippen molar-refractivity contribution in [2.45, 2.75) is 26.9 Å². The average molecular weight is 142 g/mol. The molecule has 2 heteroatoms. The van der Waals surface area contributed by atoms with Crippen LogP contribution in [0.25, 0.3) is 0 Å². The first-order valence-electron chi connectivity index (χ1n) is 3.41. The van der Waals surface area contributed by atoms with Crippen LogP contribution in [0.2, 0.25) is 0 Å². The van der Waals surface area contributed by atoms with E-state index in [0.717, 1.165) is 0 Å². The maximum Gasteiger partial charge on any atom is 0.152 e. The van der Waals surface area contributed by atoms with Crippen molar-refractivity contribution in [3.8, 4) is 0 Å². The Kier molecular flexibility index (Phi) is 3.96. The molecule has 1 atom stereocenters. The minimum absolute atomic E-state index is 0.0281. The Morgan fingerprint density at radius 3 is 2.30 bits per heavy atom. The summed E-state index contributed by atoms with van der Waals surface area (Å²) >= 11 is 0. The number of hydrogen-bond acceptors (Lipinski definition) is 2. The van der Waals surface area contributed by atoms with Gasteiger partial charge in [-0.05, 0) is 18.9 Å². The van der Waals surface area contributed by atoms with E-state index in [1.54, 1.807) is 0 Å². The monoisotopic (exact) mass is 142 g/mol. The molecule has 0 bridgehead atoms. The van der Waals surface area contributed by atoms with Crippen molar-refractivity contribution in [2.24, 2.45) is 5.92 Å². The molecule has 0 saturated carbocycles. The fraction of sp³-hybridized carbons (Fsp3) is 0.625. The van der Waals surface area contributed by atoms with Crippen LogP contribution >= 0.6 is 0 Å². The number of allylic oxidation sites excluding steroid dienone is 1. The highest BCUT2D eigenvalue weighted by atomic mass is 16.3. The Morgan fingerprint density at radius 1 is 1.50 bits per heavy atom. The van der Waals surface area contributed by atoms with E-state index in [9.17, 15) is 4.79 Å². The molecule has 2 nitrogen and oxygen atoms in total. The van der Waals surface area contributed by atoms with Gasteiger partial charge in [-0.15, -0.1) is 0 Å². The number of hydrogen-bond donors (Lipinski definition) is 1. The molecular weight excluding hydrogens is 128 g/mol. The molecular formula is C8H14O2. The van der Waals surface area contributed by atoms with Gasteiger partial charge in [0.2, 0.25) is 0 Å². The van der Waals surface area contributed by atoms with Crippen LogP contribution in [0.4, 0.5) is 0 Å². The zero-order valence-electron chi connectivity index (χ0n) is 6.66. The van der Waals surface area contributed by atoms with Gasteiger partial charge in [0.05, 0.1) is 6.10 Å². The lowest BCUT2D eigenvalue weighted by Gasteiger charge is -2.07. The lowest BCUT2D eigenvalue weighted by Crippen LogP contribution is -2.10. The van der Waals surface area contributed by atoms with Crippen LogP contribution in [-0.4, -0.2) is 17.0 Å². The normalized spacial score (nSPS) is 14.5.